The molecule has 51 heavy (non-hydrogen) atoms. The number of epoxide rings is 3. The SMILES string of the molecule is CCC1OC1CCCCCCCCCCCCCCOC(=O)C1CC2OC2CC1C(=O)OCCCCCCCCCCCCCCC1OC1CC. The monoisotopic (exact) mass is 719 g/mol. The van der Waals surface area contributed by atoms with Crippen LogP contribution in [0.25, 0.3) is 0 Å². The Morgan fingerprint density at radius 3 is 1.00 bits per heavy atom. The van der Waals surface area contributed by atoms with Crippen molar-refractivity contribution < 1.29 is 33.3 Å². The van der Waals surface area contributed by atoms with E-state index in [4.69, 9.17) is 23.7 Å². The first-order valence-corrected chi connectivity index (χ1v) is 22.4. The molecule has 4 fully saturated rings. The summed E-state index contributed by atoms with van der Waals surface area (Å²) in [5, 5.41) is 0. The van der Waals surface area contributed by atoms with Gasteiger partial charge in [-0.3, -0.25) is 9.59 Å². The maximum atomic E-state index is 13.0. The van der Waals surface area contributed by atoms with Crippen molar-refractivity contribution in [3.8, 4) is 0 Å². The highest BCUT2D eigenvalue weighted by molar-refractivity contribution is 5.82. The third kappa shape index (κ3) is 18.1. The molecule has 7 nitrogen and oxygen atoms in total. The molecule has 8 atom stereocenters. The van der Waals surface area contributed by atoms with E-state index in [0.717, 1.165) is 25.7 Å². The molecule has 3 saturated heterocycles. The third-order valence-electron chi connectivity index (χ3n) is 12.2. The van der Waals surface area contributed by atoms with Crippen LogP contribution in [0.15, 0.2) is 0 Å². The van der Waals surface area contributed by atoms with Crippen LogP contribution in [0.1, 0.15) is 206 Å². The van der Waals surface area contributed by atoms with Crippen molar-refractivity contribution in [2.45, 2.75) is 243 Å². The quantitative estimate of drug-likeness (QED) is 0.0371. The summed E-state index contributed by atoms with van der Waals surface area (Å²) in [7, 11) is 0. The highest BCUT2D eigenvalue weighted by Crippen LogP contribution is 2.44. The number of carbonyl (C=O) groups excluding carboxylic acids is 2. The lowest BCUT2D eigenvalue weighted by Crippen LogP contribution is -2.37. The molecule has 4 aliphatic rings. The zero-order valence-corrected chi connectivity index (χ0v) is 33.1. The van der Waals surface area contributed by atoms with Crippen molar-refractivity contribution in [1.82, 2.24) is 0 Å². The van der Waals surface area contributed by atoms with Crippen LogP contribution in [-0.4, -0.2) is 61.8 Å². The van der Waals surface area contributed by atoms with Gasteiger partial charge in [-0.1, -0.05) is 155 Å². The van der Waals surface area contributed by atoms with Gasteiger partial charge in [-0.05, 0) is 51.4 Å². The van der Waals surface area contributed by atoms with Crippen LogP contribution in [0.4, 0.5) is 0 Å². The van der Waals surface area contributed by atoms with Crippen LogP contribution in [-0.2, 0) is 33.3 Å². The van der Waals surface area contributed by atoms with Gasteiger partial charge < -0.3 is 23.7 Å². The second-order valence-electron chi connectivity index (χ2n) is 16.5. The average molecular weight is 719 g/mol. The number of hydrogen-bond acceptors (Lipinski definition) is 7. The molecule has 1 saturated carbocycles. The van der Waals surface area contributed by atoms with Crippen LogP contribution >= 0.6 is 0 Å². The molecule has 296 valence electrons. The normalized spacial score (nSPS) is 27.6. The number of carbonyl (C=O) groups is 2. The number of fused-ring (bicyclic) bond motifs is 1. The average Bonchev–Trinajstić information content (AvgIpc) is 4.05. The van der Waals surface area contributed by atoms with Gasteiger partial charge in [0.05, 0.1) is 61.7 Å². The molecule has 0 aromatic rings. The van der Waals surface area contributed by atoms with Crippen LogP contribution < -0.4 is 0 Å². The van der Waals surface area contributed by atoms with Gasteiger partial charge in [-0.15, -0.1) is 0 Å². The Morgan fingerprint density at radius 2 is 0.706 bits per heavy atom. The van der Waals surface area contributed by atoms with Gasteiger partial charge in [0.2, 0.25) is 0 Å². The second kappa shape index (κ2) is 25.8. The summed E-state index contributed by atoms with van der Waals surface area (Å²) in [6, 6.07) is 0. The number of unbranched alkanes of at least 4 members (excludes halogenated alkanes) is 22. The van der Waals surface area contributed by atoms with E-state index in [1.165, 1.54) is 154 Å². The standard InChI is InChI=1S/C44H78O7/c1-3-37-39(49-37)29-25-21-17-13-9-5-7-11-15-19-23-27-31-47-43(45)35-33-41-42(51-41)34-36(35)44(46)48-32-28-24-20-16-12-8-6-10-14-18-22-26-30-40-38(4-2)50-40/h35-42H,3-34H2,1-2H3. The Bertz CT molecular complexity index is 853. The molecule has 3 aliphatic heterocycles. The van der Waals surface area contributed by atoms with Gasteiger partial charge in [-0.25, -0.2) is 0 Å². The van der Waals surface area contributed by atoms with Crippen LogP contribution in [0.3, 0.4) is 0 Å². The van der Waals surface area contributed by atoms with E-state index in [1.807, 2.05) is 0 Å². The minimum atomic E-state index is -0.423. The summed E-state index contributed by atoms with van der Waals surface area (Å²) in [4.78, 5) is 26.0. The topological polar surface area (TPSA) is 90.2 Å². The Labute approximate surface area is 312 Å². The summed E-state index contributed by atoms with van der Waals surface area (Å²) >= 11 is 0. The molecule has 8 unspecified atom stereocenters. The van der Waals surface area contributed by atoms with Gasteiger partial charge in [0.15, 0.2) is 0 Å². The van der Waals surface area contributed by atoms with E-state index < -0.39 is 11.8 Å². The third-order valence-corrected chi connectivity index (χ3v) is 12.2. The molecule has 0 N–H and O–H groups in total. The largest absolute Gasteiger partial charge is 0.465 e. The van der Waals surface area contributed by atoms with Gasteiger partial charge in [-0.2, -0.15) is 0 Å². The predicted octanol–water partition coefficient (Wildman–Crippen LogP) is 11.4. The van der Waals surface area contributed by atoms with Gasteiger partial charge in [0.1, 0.15) is 0 Å². The first-order chi connectivity index (χ1) is 25.1. The Morgan fingerprint density at radius 1 is 0.412 bits per heavy atom. The molecule has 7 heteroatoms. The number of ether oxygens (including phenoxy) is 5. The molecule has 4 rings (SSSR count). The van der Waals surface area contributed by atoms with Crippen LogP contribution in [0.2, 0.25) is 0 Å². The molecule has 1 aliphatic carbocycles. The Balaban J connectivity index is 0.891. The highest BCUT2D eigenvalue weighted by Gasteiger charge is 2.53. The molecule has 0 radical (unpaired) electrons. The van der Waals surface area contributed by atoms with Gasteiger partial charge in [0, 0.05) is 0 Å². The highest BCUT2D eigenvalue weighted by atomic mass is 16.6. The maximum Gasteiger partial charge on any atom is 0.309 e. The van der Waals surface area contributed by atoms with Crippen molar-refractivity contribution in [3.05, 3.63) is 0 Å². The first kappa shape index (κ1) is 42.6. The van der Waals surface area contributed by atoms with Gasteiger partial charge in [0.25, 0.3) is 0 Å². The van der Waals surface area contributed by atoms with Gasteiger partial charge >= 0.3 is 11.9 Å². The fraction of sp³-hybridized carbons (Fsp3) is 0.955. The van der Waals surface area contributed by atoms with Crippen LogP contribution in [0.5, 0.6) is 0 Å². The van der Waals surface area contributed by atoms with Crippen molar-refractivity contribution >= 4 is 11.9 Å². The van der Waals surface area contributed by atoms with E-state index in [9.17, 15) is 9.59 Å². The molecular formula is C44H78O7. The predicted molar refractivity (Wildman–Crippen MR) is 205 cm³/mol. The van der Waals surface area contributed by atoms with Crippen molar-refractivity contribution in [1.29, 1.82) is 0 Å². The summed E-state index contributed by atoms with van der Waals surface area (Å²) in [5.41, 5.74) is 0. The Kier molecular flexibility index (Phi) is 21.5. The smallest absolute Gasteiger partial charge is 0.309 e. The van der Waals surface area contributed by atoms with E-state index in [2.05, 4.69) is 13.8 Å². The molecule has 3 heterocycles. The zero-order chi connectivity index (χ0) is 35.9. The van der Waals surface area contributed by atoms with Crippen molar-refractivity contribution in [2.75, 3.05) is 13.2 Å². The number of hydrogen-bond donors (Lipinski definition) is 0. The fourth-order valence-corrected chi connectivity index (χ4v) is 8.52. The first-order valence-electron chi connectivity index (χ1n) is 22.4. The summed E-state index contributed by atoms with van der Waals surface area (Å²) in [6.45, 7) is 5.34. The molecule has 0 bridgehead atoms. The molecule has 0 aromatic carbocycles. The number of rotatable bonds is 34. The molecule has 0 aromatic heterocycles. The fourth-order valence-electron chi connectivity index (χ4n) is 8.52. The second-order valence-corrected chi connectivity index (χ2v) is 16.5. The van der Waals surface area contributed by atoms with E-state index in [-0.39, 0.29) is 24.1 Å². The summed E-state index contributed by atoms with van der Waals surface area (Å²) < 4.78 is 28.3. The van der Waals surface area contributed by atoms with E-state index in [1.54, 1.807) is 0 Å². The molecular weight excluding hydrogens is 640 g/mol. The van der Waals surface area contributed by atoms with Crippen molar-refractivity contribution in [3.63, 3.8) is 0 Å². The summed E-state index contributed by atoms with van der Waals surface area (Å²) in [5.74, 6) is -1.31. The van der Waals surface area contributed by atoms with Crippen LogP contribution in [0, 0.1) is 11.8 Å². The lowest BCUT2D eigenvalue weighted by molar-refractivity contribution is -0.162. The lowest BCUT2D eigenvalue weighted by Gasteiger charge is -2.26. The van der Waals surface area contributed by atoms with E-state index >= 15 is 0 Å². The lowest BCUT2D eigenvalue weighted by atomic mass is 9.79. The van der Waals surface area contributed by atoms with E-state index in [0.29, 0.717) is 50.5 Å². The minimum Gasteiger partial charge on any atom is -0.465 e. The Hall–Kier alpha value is -1.18. The minimum absolute atomic E-state index is 0.115. The van der Waals surface area contributed by atoms with Crippen molar-refractivity contribution in [2.24, 2.45) is 11.8 Å². The summed E-state index contributed by atoms with van der Waals surface area (Å²) in [6.07, 6.45) is 39.1. The number of esters is 2. The molecule has 0 amide bonds. The zero-order valence-electron chi connectivity index (χ0n) is 33.1. The molecule has 0 spiro atoms. The maximum absolute atomic E-state index is 13.0.